The molecule has 0 bridgehead atoms. The Balaban J connectivity index is 1.79. The standard InChI is InChI=1S/C20H24N2O2/c1-16-13-21(18-10-6-3-7-11-18)15-19(12-20(23)24)22(16)14-17-8-4-2-5-9-17/h2-11,16,19H,12-15H2,1H3,(H,23,24)/t16-,19+/m1/s1. The fourth-order valence-electron chi connectivity index (χ4n) is 3.53. The summed E-state index contributed by atoms with van der Waals surface area (Å²) < 4.78 is 0. The molecule has 1 aliphatic rings. The number of para-hydroxylation sites is 1. The molecule has 0 radical (unpaired) electrons. The average Bonchev–Trinajstić information content (AvgIpc) is 2.59. The Kier molecular flexibility index (Phi) is 5.16. The van der Waals surface area contributed by atoms with E-state index in [1.54, 1.807) is 0 Å². The molecule has 24 heavy (non-hydrogen) atoms. The van der Waals surface area contributed by atoms with E-state index >= 15 is 0 Å². The van der Waals surface area contributed by atoms with Crippen LogP contribution in [0.5, 0.6) is 0 Å². The third kappa shape index (κ3) is 3.95. The van der Waals surface area contributed by atoms with Crippen molar-refractivity contribution in [3.63, 3.8) is 0 Å². The number of carbonyl (C=O) groups is 1. The Hall–Kier alpha value is -2.33. The number of piperazine rings is 1. The van der Waals surface area contributed by atoms with Gasteiger partial charge in [0.2, 0.25) is 0 Å². The van der Waals surface area contributed by atoms with E-state index in [1.165, 1.54) is 11.3 Å². The number of nitrogens with zero attached hydrogens (tertiary/aromatic N) is 2. The van der Waals surface area contributed by atoms with Gasteiger partial charge < -0.3 is 10.0 Å². The molecule has 0 unspecified atom stereocenters. The summed E-state index contributed by atoms with van der Waals surface area (Å²) in [6, 6.07) is 20.8. The molecule has 0 amide bonds. The highest BCUT2D eigenvalue weighted by Crippen LogP contribution is 2.25. The maximum Gasteiger partial charge on any atom is 0.305 e. The maximum absolute atomic E-state index is 11.4. The minimum Gasteiger partial charge on any atom is -0.481 e. The summed E-state index contributed by atoms with van der Waals surface area (Å²) >= 11 is 0. The van der Waals surface area contributed by atoms with Gasteiger partial charge in [0, 0.05) is 37.4 Å². The molecule has 1 aliphatic heterocycles. The van der Waals surface area contributed by atoms with Gasteiger partial charge in [0.15, 0.2) is 0 Å². The second kappa shape index (κ2) is 7.49. The van der Waals surface area contributed by atoms with Crippen molar-refractivity contribution in [1.82, 2.24) is 4.90 Å². The Morgan fingerprint density at radius 2 is 1.67 bits per heavy atom. The van der Waals surface area contributed by atoms with E-state index in [9.17, 15) is 9.90 Å². The lowest BCUT2D eigenvalue weighted by Crippen LogP contribution is -2.58. The average molecular weight is 324 g/mol. The molecule has 1 heterocycles. The van der Waals surface area contributed by atoms with Crippen molar-refractivity contribution in [2.45, 2.75) is 32.0 Å². The van der Waals surface area contributed by atoms with Gasteiger partial charge in [-0.2, -0.15) is 0 Å². The molecule has 1 fully saturated rings. The lowest BCUT2D eigenvalue weighted by Gasteiger charge is -2.46. The summed E-state index contributed by atoms with van der Waals surface area (Å²) in [6.45, 7) is 4.63. The highest BCUT2D eigenvalue weighted by Gasteiger charge is 2.33. The van der Waals surface area contributed by atoms with Crippen LogP contribution in [0.15, 0.2) is 60.7 Å². The summed E-state index contributed by atoms with van der Waals surface area (Å²) in [7, 11) is 0. The molecular formula is C20H24N2O2. The van der Waals surface area contributed by atoms with Crippen LogP contribution in [0, 0.1) is 0 Å². The number of hydrogen-bond acceptors (Lipinski definition) is 3. The second-order valence-electron chi connectivity index (χ2n) is 6.50. The van der Waals surface area contributed by atoms with Crippen LogP contribution in [-0.2, 0) is 11.3 Å². The first-order valence-corrected chi connectivity index (χ1v) is 8.45. The Morgan fingerprint density at radius 1 is 1.04 bits per heavy atom. The zero-order valence-corrected chi connectivity index (χ0v) is 14.0. The lowest BCUT2D eigenvalue weighted by atomic mass is 10.0. The first-order chi connectivity index (χ1) is 11.6. The first kappa shape index (κ1) is 16.5. The van der Waals surface area contributed by atoms with Crippen molar-refractivity contribution in [3.8, 4) is 0 Å². The van der Waals surface area contributed by atoms with Crippen molar-refractivity contribution in [2.75, 3.05) is 18.0 Å². The zero-order valence-electron chi connectivity index (χ0n) is 14.0. The summed E-state index contributed by atoms with van der Waals surface area (Å²) in [5.74, 6) is -0.736. The number of carboxylic acids is 1. The highest BCUT2D eigenvalue weighted by atomic mass is 16.4. The van der Waals surface area contributed by atoms with Crippen LogP contribution in [0.25, 0.3) is 0 Å². The molecule has 126 valence electrons. The van der Waals surface area contributed by atoms with Gasteiger partial charge in [-0.1, -0.05) is 48.5 Å². The van der Waals surface area contributed by atoms with Gasteiger partial charge in [-0.05, 0) is 24.6 Å². The number of hydrogen-bond donors (Lipinski definition) is 1. The molecule has 2 atom stereocenters. The second-order valence-corrected chi connectivity index (χ2v) is 6.50. The van der Waals surface area contributed by atoms with Crippen LogP contribution in [-0.4, -0.2) is 41.1 Å². The van der Waals surface area contributed by atoms with Gasteiger partial charge in [0.05, 0.1) is 6.42 Å². The van der Waals surface area contributed by atoms with Crippen LogP contribution in [0.1, 0.15) is 18.9 Å². The largest absolute Gasteiger partial charge is 0.481 e. The molecule has 1 N–H and O–H groups in total. The van der Waals surface area contributed by atoms with Crippen LogP contribution >= 0.6 is 0 Å². The van der Waals surface area contributed by atoms with Crippen molar-refractivity contribution < 1.29 is 9.90 Å². The molecular weight excluding hydrogens is 300 g/mol. The number of rotatable bonds is 5. The molecule has 2 aromatic rings. The van der Waals surface area contributed by atoms with Crippen LogP contribution in [0.2, 0.25) is 0 Å². The van der Waals surface area contributed by atoms with Gasteiger partial charge in [0.1, 0.15) is 0 Å². The Bertz CT molecular complexity index is 660. The Labute approximate surface area is 143 Å². The van der Waals surface area contributed by atoms with Gasteiger partial charge in [-0.25, -0.2) is 0 Å². The topological polar surface area (TPSA) is 43.8 Å². The fourth-order valence-corrected chi connectivity index (χ4v) is 3.53. The van der Waals surface area contributed by atoms with E-state index in [1.807, 2.05) is 36.4 Å². The quantitative estimate of drug-likeness (QED) is 0.917. The van der Waals surface area contributed by atoms with E-state index in [2.05, 4.69) is 41.0 Å². The van der Waals surface area contributed by atoms with Crippen molar-refractivity contribution in [2.24, 2.45) is 0 Å². The molecule has 2 aromatic carbocycles. The van der Waals surface area contributed by atoms with Gasteiger partial charge >= 0.3 is 5.97 Å². The lowest BCUT2D eigenvalue weighted by molar-refractivity contribution is -0.138. The molecule has 4 heteroatoms. The third-order valence-electron chi connectivity index (χ3n) is 4.69. The molecule has 0 aliphatic carbocycles. The summed E-state index contributed by atoms with van der Waals surface area (Å²) in [6.07, 6.45) is 0.167. The van der Waals surface area contributed by atoms with Crippen molar-refractivity contribution >= 4 is 11.7 Å². The van der Waals surface area contributed by atoms with Crippen LogP contribution < -0.4 is 4.90 Å². The normalized spacial score (nSPS) is 21.6. The van der Waals surface area contributed by atoms with Crippen LogP contribution in [0.4, 0.5) is 5.69 Å². The molecule has 0 saturated carbocycles. The van der Waals surface area contributed by atoms with E-state index < -0.39 is 5.97 Å². The van der Waals surface area contributed by atoms with Gasteiger partial charge in [0.25, 0.3) is 0 Å². The predicted octanol–water partition coefficient (Wildman–Crippen LogP) is 3.24. The van der Waals surface area contributed by atoms with Crippen LogP contribution in [0.3, 0.4) is 0 Å². The molecule has 3 rings (SSSR count). The summed E-state index contributed by atoms with van der Waals surface area (Å²) in [4.78, 5) is 16.0. The minimum atomic E-state index is -0.736. The van der Waals surface area contributed by atoms with E-state index in [-0.39, 0.29) is 12.5 Å². The predicted molar refractivity (Wildman–Crippen MR) is 96.1 cm³/mol. The number of carboxylic acid groups (broad SMARTS) is 1. The summed E-state index contributed by atoms with van der Waals surface area (Å²) in [5, 5.41) is 9.35. The third-order valence-corrected chi connectivity index (χ3v) is 4.69. The monoisotopic (exact) mass is 324 g/mol. The van der Waals surface area contributed by atoms with Crippen molar-refractivity contribution in [1.29, 1.82) is 0 Å². The van der Waals surface area contributed by atoms with E-state index in [4.69, 9.17) is 0 Å². The number of benzene rings is 2. The fraction of sp³-hybridized carbons (Fsp3) is 0.350. The smallest absolute Gasteiger partial charge is 0.305 e. The molecule has 1 saturated heterocycles. The maximum atomic E-state index is 11.4. The molecule has 4 nitrogen and oxygen atoms in total. The van der Waals surface area contributed by atoms with Crippen molar-refractivity contribution in [3.05, 3.63) is 66.2 Å². The zero-order chi connectivity index (χ0) is 16.9. The SMILES string of the molecule is C[C@@H]1CN(c2ccccc2)C[C@H](CC(=O)O)N1Cc1ccccc1. The summed E-state index contributed by atoms with van der Waals surface area (Å²) in [5.41, 5.74) is 2.40. The highest BCUT2D eigenvalue weighted by molar-refractivity contribution is 5.67. The van der Waals surface area contributed by atoms with Gasteiger partial charge in [-0.3, -0.25) is 9.69 Å². The van der Waals surface area contributed by atoms with Gasteiger partial charge in [-0.15, -0.1) is 0 Å². The number of anilines is 1. The van der Waals surface area contributed by atoms with E-state index in [0.29, 0.717) is 6.04 Å². The Morgan fingerprint density at radius 3 is 2.29 bits per heavy atom. The number of aliphatic carboxylic acids is 1. The minimum absolute atomic E-state index is 0.00617. The molecule has 0 spiro atoms. The van der Waals surface area contributed by atoms with E-state index in [0.717, 1.165) is 19.6 Å². The molecule has 0 aromatic heterocycles. The first-order valence-electron chi connectivity index (χ1n) is 8.45.